The van der Waals surface area contributed by atoms with Gasteiger partial charge in [-0.2, -0.15) is 0 Å². The van der Waals surface area contributed by atoms with E-state index >= 15 is 0 Å². The Morgan fingerprint density at radius 3 is 2.74 bits per heavy atom. The second-order valence-electron chi connectivity index (χ2n) is 6.72. The van der Waals surface area contributed by atoms with Crippen LogP contribution in [-0.4, -0.2) is 50.3 Å². The fraction of sp³-hybridized carbons (Fsp3) is 0.875. The molecule has 132 valence electrons. The molecule has 1 aliphatic heterocycles. The minimum absolute atomic E-state index is 0. The van der Waals surface area contributed by atoms with Gasteiger partial charge in [-0.3, -0.25) is 9.79 Å². The summed E-state index contributed by atoms with van der Waals surface area (Å²) in [6.07, 6.45) is 6.75. The molecule has 0 bridgehead atoms. The quantitative estimate of drug-likeness (QED) is 0.354. The molecule has 3 atom stereocenters. The third kappa shape index (κ3) is 3.75. The molecular formula is C16H29IN4O2. The Kier molecular flexibility index (Phi) is 6.53. The summed E-state index contributed by atoms with van der Waals surface area (Å²) in [4.78, 5) is 15.6. The van der Waals surface area contributed by atoms with E-state index in [9.17, 15) is 4.79 Å². The molecule has 2 aliphatic carbocycles. The van der Waals surface area contributed by atoms with Crippen molar-refractivity contribution in [3.05, 3.63) is 0 Å². The maximum absolute atomic E-state index is 11.2. The topological polar surface area (TPSA) is 74.8 Å². The van der Waals surface area contributed by atoms with Crippen LogP contribution in [0.25, 0.3) is 0 Å². The number of halogens is 1. The second kappa shape index (κ2) is 8.00. The van der Waals surface area contributed by atoms with Crippen LogP contribution in [0.3, 0.4) is 0 Å². The van der Waals surface area contributed by atoms with Gasteiger partial charge in [-0.05, 0) is 32.6 Å². The molecule has 0 aromatic carbocycles. The molecule has 3 fully saturated rings. The minimum atomic E-state index is 0. The van der Waals surface area contributed by atoms with E-state index in [-0.39, 0.29) is 35.9 Å². The number of carbonyl (C=O) groups excluding carboxylic acids is 1. The number of ether oxygens (including phenoxy) is 1. The van der Waals surface area contributed by atoms with Crippen molar-refractivity contribution in [2.24, 2.45) is 10.4 Å². The number of guanidine groups is 1. The lowest BCUT2D eigenvalue weighted by Gasteiger charge is -2.61. The fourth-order valence-corrected chi connectivity index (χ4v) is 4.03. The Morgan fingerprint density at radius 2 is 2.22 bits per heavy atom. The molecule has 1 spiro atoms. The van der Waals surface area contributed by atoms with Gasteiger partial charge in [0, 0.05) is 44.1 Å². The lowest BCUT2D eigenvalue weighted by Crippen LogP contribution is -2.69. The van der Waals surface area contributed by atoms with Crippen molar-refractivity contribution in [2.45, 2.75) is 63.6 Å². The molecule has 3 N–H and O–H groups in total. The van der Waals surface area contributed by atoms with Gasteiger partial charge in [0.05, 0.1) is 6.10 Å². The number of piperidine rings is 1. The van der Waals surface area contributed by atoms with E-state index in [4.69, 9.17) is 4.74 Å². The predicted molar refractivity (Wildman–Crippen MR) is 101 cm³/mol. The molecule has 3 unspecified atom stereocenters. The highest BCUT2D eigenvalue weighted by Crippen LogP contribution is 2.57. The standard InChI is InChI=1S/C16H28N4O2.HI/c1-3-22-13-9-12(16(13)7-4-8-16)20-15(17-2)19-11-5-6-14(21)18-10-11;/h11-13H,3-10H2,1-2H3,(H,18,21)(H2,17,19,20);1H. The van der Waals surface area contributed by atoms with Crippen LogP contribution < -0.4 is 16.0 Å². The Hall–Kier alpha value is -0.570. The molecule has 1 heterocycles. The molecule has 3 aliphatic rings. The number of hydrogen-bond donors (Lipinski definition) is 3. The number of hydrogen-bond acceptors (Lipinski definition) is 3. The van der Waals surface area contributed by atoms with Gasteiger partial charge in [0.25, 0.3) is 0 Å². The first kappa shape index (κ1) is 18.8. The minimum Gasteiger partial charge on any atom is -0.378 e. The summed E-state index contributed by atoms with van der Waals surface area (Å²) in [5.41, 5.74) is 0.328. The maximum atomic E-state index is 11.2. The van der Waals surface area contributed by atoms with Crippen molar-refractivity contribution in [1.29, 1.82) is 0 Å². The Morgan fingerprint density at radius 1 is 1.43 bits per heavy atom. The smallest absolute Gasteiger partial charge is 0.220 e. The zero-order chi connectivity index (χ0) is 15.6. The van der Waals surface area contributed by atoms with Gasteiger partial charge in [-0.25, -0.2) is 0 Å². The molecule has 1 amide bonds. The highest BCUT2D eigenvalue weighted by atomic mass is 127. The van der Waals surface area contributed by atoms with E-state index in [0.717, 1.165) is 25.4 Å². The molecule has 2 saturated carbocycles. The van der Waals surface area contributed by atoms with Crippen molar-refractivity contribution in [2.75, 3.05) is 20.2 Å². The molecule has 3 rings (SSSR count). The molecule has 23 heavy (non-hydrogen) atoms. The number of aliphatic imine (C=N–C) groups is 1. The number of rotatable bonds is 4. The summed E-state index contributed by atoms with van der Waals surface area (Å²) in [6, 6.07) is 0.728. The van der Waals surface area contributed by atoms with Crippen LogP contribution >= 0.6 is 24.0 Å². The highest BCUT2D eigenvalue weighted by molar-refractivity contribution is 14.0. The van der Waals surface area contributed by atoms with Crippen LogP contribution in [0.2, 0.25) is 0 Å². The Bertz CT molecular complexity index is 443. The van der Waals surface area contributed by atoms with Crippen LogP contribution in [0, 0.1) is 5.41 Å². The van der Waals surface area contributed by atoms with Crippen LogP contribution in [0.15, 0.2) is 4.99 Å². The van der Waals surface area contributed by atoms with E-state index in [1.165, 1.54) is 19.3 Å². The lowest BCUT2D eigenvalue weighted by molar-refractivity contribution is -0.168. The first-order valence-corrected chi connectivity index (χ1v) is 8.56. The lowest BCUT2D eigenvalue weighted by atomic mass is 9.51. The third-order valence-corrected chi connectivity index (χ3v) is 5.58. The molecular weight excluding hydrogens is 407 g/mol. The number of carbonyl (C=O) groups is 1. The van der Waals surface area contributed by atoms with E-state index in [1.807, 2.05) is 7.05 Å². The van der Waals surface area contributed by atoms with Crippen molar-refractivity contribution < 1.29 is 9.53 Å². The molecule has 0 aromatic heterocycles. The Balaban J connectivity index is 0.00000192. The monoisotopic (exact) mass is 436 g/mol. The summed E-state index contributed by atoms with van der Waals surface area (Å²) < 4.78 is 5.90. The van der Waals surface area contributed by atoms with Gasteiger partial charge in [-0.15, -0.1) is 24.0 Å². The predicted octanol–water partition coefficient (Wildman–Crippen LogP) is 1.40. The third-order valence-electron chi connectivity index (χ3n) is 5.58. The largest absolute Gasteiger partial charge is 0.378 e. The zero-order valence-electron chi connectivity index (χ0n) is 14.1. The first-order valence-electron chi connectivity index (χ1n) is 8.56. The number of nitrogens with zero attached hydrogens (tertiary/aromatic N) is 1. The fourth-order valence-electron chi connectivity index (χ4n) is 4.03. The van der Waals surface area contributed by atoms with Gasteiger partial charge >= 0.3 is 0 Å². The van der Waals surface area contributed by atoms with Crippen molar-refractivity contribution in [3.8, 4) is 0 Å². The van der Waals surface area contributed by atoms with Gasteiger partial charge < -0.3 is 20.7 Å². The van der Waals surface area contributed by atoms with Gasteiger partial charge in [0.2, 0.25) is 5.91 Å². The molecule has 6 nitrogen and oxygen atoms in total. The first-order chi connectivity index (χ1) is 10.7. The summed E-state index contributed by atoms with van der Waals surface area (Å²) in [5, 5.41) is 9.93. The Labute approximate surface area is 155 Å². The summed E-state index contributed by atoms with van der Waals surface area (Å²) >= 11 is 0. The number of amides is 1. The maximum Gasteiger partial charge on any atom is 0.220 e. The van der Waals surface area contributed by atoms with Gasteiger partial charge in [-0.1, -0.05) is 6.42 Å². The second-order valence-corrected chi connectivity index (χ2v) is 6.72. The number of nitrogens with one attached hydrogen (secondary N) is 3. The van der Waals surface area contributed by atoms with Crippen molar-refractivity contribution in [1.82, 2.24) is 16.0 Å². The average molecular weight is 436 g/mol. The summed E-state index contributed by atoms with van der Waals surface area (Å²) in [5.74, 6) is 1.00. The van der Waals surface area contributed by atoms with Crippen molar-refractivity contribution >= 4 is 35.8 Å². The SMILES string of the molecule is CCOC1CC(NC(=NC)NC2CCC(=O)NC2)C12CCC2.I. The zero-order valence-corrected chi connectivity index (χ0v) is 16.4. The summed E-state index contributed by atoms with van der Waals surface area (Å²) in [7, 11) is 1.81. The normalized spacial score (nSPS) is 32.2. The van der Waals surface area contributed by atoms with E-state index in [2.05, 4.69) is 27.9 Å². The van der Waals surface area contributed by atoms with E-state index in [1.54, 1.807) is 0 Å². The molecule has 0 aromatic rings. The van der Waals surface area contributed by atoms with E-state index < -0.39 is 0 Å². The van der Waals surface area contributed by atoms with Crippen LogP contribution in [0.5, 0.6) is 0 Å². The molecule has 1 saturated heterocycles. The summed E-state index contributed by atoms with van der Waals surface area (Å²) in [6.45, 7) is 3.55. The highest BCUT2D eigenvalue weighted by Gasteiger charge is 2.59. The average Bonchev–Trinajstić information content (AvgIpc) is 2.45. The van der Waals surface area contributed by atoms with Crippen molar-refractivity contribution in [3.63, 3.8) is 0 Å². The van der Waals surface area contributed by atoms with Gasteiger partial charge in [0.15, 0.2) is 5.96 Å². The van der Waals surface area contributed by atoms with E-state index in [0.29, 0.717) is 30.5 Å². The van der Waals surface area contributed by atoms with Crippen LogP contribution in [-0.2, 0) is 9.53 Å². The van der Waals surface area contributed by atoms with Gasteiger partial charge in [0.1, 0.15) is 0 Å². The van der Waals surface area contributed by atoms with Crippen LogP contribution in [0.1, 0.15) is 45.4 Å². The molecule has 0 radical (unpaired) electrons. The van der Waals surface area contributed by atoms with Crippen LogP contribution in [0.4, 0.5) is 0 Å². The molecule has 7 heteroatoms.